The van der Waals surface area contributed by atoms with Crippen molar-refractivity contribution in [2.45, 2.75) is 37.6 Å². The minimum absolute atomic E-state index is 0.0598. The Balaban J connectivity index is 2.23. The van der Waals surface area contributed by atoms with Crippen LogP contribution in [0.3, 0.4) is 0 Å². The van der Waals surface area contributed by atoms with E-state index in [0.29, 0.717) is 5.02 Å². The van der Waals surface area contributed by atoms with Gasteiger partial charge in [0.15, 0.2) is 0 Å². The van der Waals surface area contributed by atoms with Crippen molar-refractivity contribution in [1.29, 1.82) is 0 Å². The minimum atomic E-state index is -4.22. The predicted octanol–water partition coefficient (Wildman–Crippen LogP) is 6.53. The standard InChI is InChI=1S/C23H22ClF2NO2S/c1-3-6-17-7-4-5-8-21(17)16(2)27(23-15-19(25)11-14-22(23)26)30(28,29)20-12-9-18(24)10-13-20/h4-5,7-16H,3,6H2,1-2H3/t16-/m1/s1. The summed E-state index contributed by atoms with van der Waals surface area (Å²) in [6.45, 7) is 3.70. The van der Waals surface area contributed by atoms with E-state index in [2.05, 4.69) is 0 Å². The first-order chi connectivity index (χ1) is 14.3. The molecule has 3 aromatic carbocycles. The van der Waals surface area contributed by atoms with Crippen LogP contribution in [0, 0.1) is 11.6 Å². The van der Waals surface area contributed by atoms with Crippen molar-refractivity contribution in [3.8, 4) is 0 Å². The zero-order valence-electron chi connectivity index (χ0n) is 16.6. The van der Waals surface area contributed by atoms with E-state index >= 15 is 0 Å². The molecule has 3 nitrogen and oxygen atoms in total. The highest BCUT2D eigenvalue weighted by atomic mass is 35.5. The average molecular weight is 450 g/mol. The quantitative estimate of drug-likeness (QED) is 0.411. The average Bonchev–Trinajstić information content (AvgIpc) is 2.71. The zero-order chi connectivity index (χ0) is 21.9. The van der Waals surface area contributed by atoms with Gasteiger partial charge in [0.25, 0.3) is 10.0 Å². The number of sulfonamides is 1. The summed E-state index contributed by atoms with van der Waals surface area (Å²) in [5, 5.41) is 0.374. The predicted molar refractivity (Wildman–Crippen MR) is 116 cm³/mol. The second-order valence-electron chi connectivity index (χ2n) is 6.98. The fourth-order valence-corrected chi connectivity index (χ4v) is 5.25. The molecule has 0 heterocycles. The van der Waals surface area contributed by atoms with Crippen LogP contribution in [0.4, 0.5) is 14.5 Å². The van der Waals surface area contributed by atoms with Crippen LogP contribution < -0.4 is 4.31 Å². The van der Waals surface area contributed by atoms with E-state index in [1.807, 2.05) is 25.1 Å². The van der Waals surface area contributed by atoms with Crippen LogP contribution in [0.15, 0.2) is 71.6 Å². The molecule has 0 radical (unpaired) electrons. The maximum Gasteiger partial charge on any atom is 0.264 e. The number of hydrogen-bond acceptors (Lipinski definition) is 2. The first-order valence-corrected chi connectivity index (χ1v) is 11.4. The first kappa shape index (κ1) is 22.2. The third kappa shape index (κ3) is 4.50. The van der Waals surface area contributed by atoms with Gasteiger partial charge in [0.1, 0.15) is 11.6 Å². The molecule has 0 unspecified atom stereocenters. The molecule has 158 valence electrons. The summed E-state index contributed by atoms with van der Waals surface area (Å²) in [6.07, 6.45) is 1.60. The van der Waals surface area contributed by atoms with Crippen molar-refractivity contribution >= 4 is 27.3 Å². The van der Waals surface area contributed by atoms with Crippen LogP contribution in [0.25, 0.3) is 0 Å². The Morgan fingerprint density at radius 1 is 1.00 bits per heavy atom. The second kappa shape index (κ2) is 9.14. The number of benzene rings is 3. The number of nitrogens with zero attached hydrogens (tertiary/aromatic N) is 1. The third-order valence-electron chi connectivity index (χ3n) is 4.89. The van der Waals surface area contributed by atoms with E-state index in [0.717, 1.165) is 46.5 Å². The van der Waals surface area contributed by atoms with Crippen molar-refractivity contribution in [3.63, 3.8) is 0 Å². The molecule has 3 rings (SSSR count). The number of anilines is 1. The van der Waals surface area contributed by atoms with Gasteiger partial charge < -0.3 is 0 Å². The van der Waals surface area contributed by atoms with Crippen LogP contribution in [0.5, 0.6) is 0 Å². The summed E-state index contributed by atoms with van der Waals surface area (Å²) in [4.78, 5) is -0.0598. The lowest BCUT2D eigenvalue weighted by Gasteiger charge is -2.32. The molecule has 0 amide bonds. The Hall–Kier alpha value is -2.44. The normalized spacial score (nSPS) is 12.6. The minimum Gasteiger partial charge on any atom is -0.256 e. The number of rotatable bonds is 7. The smallest absolute Gasteiger partial charge is 0.256 e. The van der Waals surface area contributed by atoms with Gasteiger partial charge in [-0.25, -0.2) is 17.2 Å². The second-order valence-corrected chi connectivity index (χ2v) is 9.23. The maximum absolute atomic E-state index is 14.8. The monoisotopic (exact) mass is 449 g/mol. The number of hydrogen-bond donors (Lipinski definition) is 0. The molecule has 0 spiro atoms. The van der Waals surface area contributed by atoms with Gasteiger partial charge in [-0.2, -0.15) is 0 Å². The molecule has 0 aliphatic heterocycles. The fourth-order valence-electron chi connectivity index (χ4n) is 3.49. The van der Waals surface area contributed by atoms with Crippen LogP contribution in [0.2, 0.25) is 5.02 Å². The molecule has 0 bridgehead atoms. The molecule has 30 heavy (non-hydrogen) atoms. The molecule has 7 heteroatoms. The molecule has 0 saturated carbocycles. The Bertz CT molecular complexity index is 1130. The lowest BCUT2D eigenvalue weighted by Crippen LogP contribution is -2.35. The molecule has 1 atom stereocenters. The van der Waals surface area contributed by atoms with Gasteiger partial charge in [-0.15, -0.1) is 0 Å². The molecule has 0 aliphatic rings. The van der Waals surface area contributed by atoms with Gasteiger partial charge in [0, 0.05) is 11.1 Å². The molecular weight excluding hydrogens is 428 g/mol. The summed E-state index contributed by atoms with van der Waals surface area (Å²) in [5.41, 5.74) is 1.35. The lowest BCUT2D eigenvalue weighted by molar-refractivity contribution is 0.570. The Kier molecular flexibility index (Phi) is 6.78. The highest BCUT2D eigenvalue weighted by Crippen LogP contribution is 2.36. The molecule has 0 aromatic heterocycles. The zero-order valence-corrected chi connectivity index (χ0v) is 18.2. The van der Waals surface area contributed by atoms with Gasteiger partial charge in [-0.3, -0.25) is 4.31 Å². The highest BCUT2D eigenvalue weighted by molar-refractivity contribution is 7.92. The van der Waals surface area contributed by atoms with Gasteiger partial charge in [0.2, 0.25) is 0 Å². The molecule has 3 aromatic rings. The summed E-state index contributed by atoms with van der Waals surface area (Å²) in [6, 6.07) is 15.0. The van der Waals surface area contributed by atoms with Crippen molar-refractivity contribution in [3.05, 3.63) is 94.5 Å². The van der Waals surface area contributed by atoms with Crippen LogP contribution in [-0.2, 0) is 16.4 Å². The summed E-state index contributed by atoms with van der Waals surface area (Å²) < 4.78 is 56.9. The molecular formula is C23H22ClF2NO2S. The highest BCUT2D eigenvalue weighted by Gasteiger charge is 2.33. The lowest BCUT2D eigenvalue weighted by atomic mass is 9.98. The van der Waals surface area contributed by atoms with E-state index in [1.165, 1.54) is 24.3 Å². The maximum atomic E-state index is 14.8. The molecule has 0 aliphatic carbocycles. The van der Waals surface area contributed by atoms with Crippen molar-refractivity contribution in [1.82, 2.24) is 0 Å². The van der Waals surface area contributed by atoms with E-state index in [1.54, 1.807) is 13.0 Å². The van der Waals surface area contributed by atoms with E-state index < -0.39 is 27.7 Å². The summed E-state index contributed by atoms with van der Waals surface area (Å²) in [7, 11) is -4.22. The van der Waals surface area contributed by atoms with Crippen LogP contribution >= 0.6 is 11.6 Å². The van der Waals surface area contributed by atoms with Gasteiger partial charge in [0.05, 0.1) is 16.6 Å². The van der Waals surface area contributed by atoms with E-state index in [9.17, 15) is 17.2 Å². The van der Waals surface area contributed by atoms with Gasteiger partial charge in [-0.1, -0.05) is 49.2 Å². The molecule has 0 fully saturated rings. The summed E-state index contributed by atoms with van der Waals surface area (Å²) >= 11 is 5.90. The number of aryl methyl sites for hydroxylation is 1. The van der Waals surface area contributed by atoms with E-state index in [4.69, 9.17) is 11.6 Å². The van der Waals surface area contributed by atoms with Gasteiger partial charge in [-0.05, 0) is 60.9 Å². The molecule has 0 saturated heterocycles. The molecule has 0 N–H and O–H groups in total. The first-order valence-electron chi connectivity index (χ1n) is 9.58. The SMILES string of the molecule is CCCc1ccccc1[C@@H](C)N(c1cc(F)ccc1F)S(=O)(=O)c1ccc(Cl)cc1. The van der Waals surface area contributed by atoms with Crippen molar-refractivity contribution in [2.24, 2.45) is 0 Å². The van der Waals surface area contributed by atoms with E-state index in [-0.39, 0.29) is 10.6 Å². The fraction of sp³-hybridized carbons (Fsp3) is 0.217. The Morgan fingerprint density at radius 2 is 1.67 bits per heavy atom. The van der Waals surface area contributed by atoms with Crippen LogP contribution in [-0.4, -0.2) is 8.42 Å². The van der Waals surface area contributed by atoms with Gasteiger partial charge >= 0.3 is 0 Å². The van der Waals surface area contributed by atoms with Crippen LogP contribution in [0.1, 0.15) is 37.4 Å². The van der Waals surface area contributed by atoms with Crippen molar-refractivity contribution < 1.29 is 17.2 Å². The van der Waals surface area contributed by atoms with Crippen molar-refractivity contribution in [2.75, 3.05) is 4.31 Å². The summed E-state index contributed by atoms with van der Waals surface area (Å²) in [5.74, 6) is -1.55. The topological polar surface area (TPSA) is 37.4 Å². The Labute approximate surface area is 181 Å². The Morgan fingerprint density at radius 3 is 2.33 bits per heavy atom. The number of halogens is 3. The largest absolute Gasteiger partial charge is 0.264 e. The third-order valence-corrected chi connectivity index (χ3v) is 7.04.